The smallest absolute Gasteiger partial charge is 0.540 e. The van der Waals surface area contributed by atoms with Gasteiger partial charge < -0.3 is 16.6 Å². The Hall–Kier alpha value is -0.468. The Morgan fingerprint density at radius 1 is 1.22 bits per heavy atom. The van der Waals surface area contributed by atoms with Crippen molar-refractivity contribution < 1.29 is 49.1 Å². The molecule has 0 bridgehead atoms. The van der Waals surface area contributed by atoms with Crippen molar-refractivity contribution in [3.05, 3.63) is 36.8 Å². The molecule has 0 radical (unpaired) electrons. The van der Waals surface area contributed by atoms with Gasteiger partial charge in [-0.1, -0.05) is 6.54 Å². The van der Waals surface area contributed by atoms with E-state index in [1.807, 2.05) is 0 Å². The fourth-order valence-electron chi connectivity index (χ4n) is 1.09. The van der Waals surface area contributed by atoms with Gasteiger partial charge in [0.2, 0.25) is 0 Å². The summed E-state index contributed by atoms with van der Waals surface area (Å²) in [6.45, 7) is 5.03. The van der Waals surface area contributed by atoms with Crippen molar-refractivity contribution >= 4 is 12.0 Å². The fourth-order valence-corrected chi connectivity index (χ4v) is 1.09. The average molecular weight is 483 g/mol. The average Bonchev–Trinajstić information content (AvgIpc) is 2.31. The summed E-state index contributed by atoms with van der Waals surface area (Å²) in [5.41, 5.74) is -0.152. The number of likely N-dealkylation sites (N-methyl/N-ethyl adjacent to an activating group) is 1. The minimum absolute atomic E-state index is 0. The summed E-state index contributed by atoms with van der Waals surface area (Å²) in [4.78, 5) is 11.6. The molecule has 18 heavy (non-hydrogen) atoms. The largest absolute Gasteiger partial charge is 2.00 e. The molecule has 0 aromatic heterocycles. The first-order chi connectivity index (χ1) is 7.95. The maximum atomic E-state index is 12.2. The van der Waals surface area contributed by atoms with E-state index in [1.165, 1.54) is 17.0 Å². The molecule has 1 rings (SSSR count). The maximum Gasteiger partial charge on any atom is 2.00 e. The van der Waals surface area contributed by atoms with Gasteiger partial charge in [-0.3, -0.25) is 0 Å². The van der Waals surface area contributed by atoms with Gasteiger partial charge in [0.15, 0.2) is 0 Å². The third-order valence-electron chi connectivity index (χ3n) is 1.94. The molecule has 0 saturated carbocycles. The Morgan fingerprint density at radius 3 is 2.00 bits per heavy atom. The molecule has 0 atom stereocenters. The van der Waals surface area contributed by atoms with Crippen molar-refractivity contribution in [2.75, 3.05) is 18.5 Å². The molecule has 0 aliphatic carbocycles. The van der Waals surface area contributed by atoms with Gasteiger partial charge in [0.05, 0.1) is 5.56 Å². The van der Waals surface area contributed by atoms with Gasteiger partial charge in [0.1, 0.15) is 0 Å². The van der Waals surface area contributed by atoms with E-state index < -0.39 is 11.7 Å². The van der Waals surface area contributed by atoms with Gasteiger partial charge in [-0.2, -0.15) is 20.1 Å². The van der Waals surface area contributed by atoms with Gasteiger partial charge in [-0.05, 0) is 24.3 Å². The number of rotatable bonds is 3. The maximum absolute atomic E-state index is 12.2. The minimum atomic E-state index is -4.33. The van der Waals surface area contributed by atoms with Gasteiger partial charge >= 0.3 is 37.3 Å². The summed E-state index contributed by atoms with van der Waals surface area (Å²) in [7, 11) is 1.60. The molecule has 2 nitrogen and oxygen atoms in total. The summed E-state index contributed by atoms with van der Waals surface area (Å²) in [6, 6.07) is 4.60. The van der Waals surface area contributed by atoms with Gasteiger partial charge in [0, 0.05) is 12.7 Å². The normalized spacial score (nSPS) is 9.67. The summed E-state index contributed by atoms with van der Waals surface area (Å²) in [5, 5.41) is 0. The summed E-state index contributed by atoms with van der Waals surface area (Å²) >= 11 is 0. The topological polar surface area (TPSA) is 20.3 Å². The van der Waals surface area contributed by atoms with Crippen molar-refractivity contribution in [3.8, 4) is 0 Å². The molecule has 1 aromatic carbocycles. The zero-order valence-corrected chi connectivity index (χ0v) is 14.4. The van der Waals surface area contributed by atoms with Crippen molar-refractivity contribution in [3.63, 3.8) is 0 Å². The molecule has 0 spiro atoms. The summed E-state index contributed by atoms with van der Waals surface area (Å²) < 4.78 is 36.6. The van der Waals surface area contributed by atoms with Crippen LogP contribution < -0.4 is 4.90 Å². The van der Waals surface area contributed by atoms with Crippen LogP contribution in [0.15, 0.2) is 24.3 Å². The van der Waals surface area contributed by atoms with Gasteiger partial charge in [0.25, 0.3) is 0 Å². The number of benzene rings is 1. The van der Waals surface area contributed by atoms with Crippen molar-refractivity contribution in [1.82, 2.24) is 0 Å². The van der Waals surface area contributed by atoms with Crippen LogP contribution in [-0.2, 0) is 11.0 Å². The number of nitrogens with zero attached hydrogens (tertiary/aromatic N) is 1. The first kappa shape index (κ1) is 19.9. The van der Waals surface area contributed by atoms with Crippen LogP contribution in [0.3, 0.4) is 0 Å². The van der Waals surface area contributed by atoms with E-state index in [-0.39, 0.29) is 37.7 Å². The van der Waals surface area contributed by atoms with Crippen LogP contribution in [0.4, 0.5) is 18.9 Å². The molecule has 0 saturated heterocycles. The fraction of sp³-hybridized carbons (Fsp3) is 0.333. The second-order valence-electron chi connectivity index (χ2n) is 3.05. The van der Waals surface area contributed by atoms with E-state index >= 15 is 0 Å². The van der Waals surface area contributed by atoms with E-state index in [2.05, 4.69) is 6.92 Å². The van der Waals surface area contributed by atoms with Crippen LogP contribution in [-0.4, -0.2) is 19.9 Å². The van der Waals surface area contributed by atoms with Crippen molar-refractivity contribution in [2.45, 2.75) is 13.1 Å². The molecule has 0 unspecified atom stereocenters. The molecule has 98 valence electrons. The van der Waals surface area contributed by atoms with Crippen LogP contribution >= 0.6 is 0 Å². The molecule has 0 amide bonds. The van der Waals surface area contributed by atoms with Gasteiger partial charge in [-0.25, -0.2) is 6.29 Å². The Labute approximate surface area is 129 Å². The Bertz CT molecular complexity index is 338. The van der Waals surface area contributed by atoms with Crippen LogP contribution in [0.2, 0.25) is 0 Å². The molecule has 0 heterocycles. The quantitative estimate of drug-likeness (QED) is 0.617. The third-order valence-corrected chi connectivity index (χ3v) is 1.94. The van der Waals surface area contributed by atoms with E-state index in [0.29, 0.717) is 5.69 Å². The first-order valence-electron chi connectivity index (χ1n) is 4.89. The third kappa shape index (κ3) is 6.46. The zero-order chi connectivity index (χ0) is 13.5. The van der Waals surface area contributed by atoms with E-state index in [0.717, 1.165) is 12.1 Å². The molecular weight excluding hydrogens is 469 g/mol. The number of halogens is 3. The second-order valence-corrected chi connectivity index (χ2v) is 3.05. The monoisotopic (exact) mass is 483 g/mol. The van der Waals surface area contributed by atoms with Crippen molar-refractivity contribution in [2.24, 2.45) is 0 Å². The van der Waals surface area contributed by atoms with E-state index in [1.54, 1.807) is 20.3 Å². The molecule has 0 aliphatic heterocycles. The van der Waals surface area contributed by atoms with Crippen LogP contribution in [0.1, 0.15) is 12.5 Å². The summed E-state index contributed by atoms with van der Waals surface area (Å²) in [6.07, 6.45) is -2.66. The number of anilines is 1. The summed E-state index contributed by atoms with van der Waals surface area (Å²) in [5.74, 6) is 0. The molecule has 0 aliphatic rings. The van der Waals surface area contributed by atoms with Crippen molar-refractivity contribution in [1.29, 1.82) is 0 Å². The second kappa shape index (κ2) is 9.46. The Balaban J connectivity index is 0. The molecule has 0 fully saturated rings. The zero-order valence-electron chi connectivity index (χ0n) is 10.2. The minimum Gasteiger partial charge on any atom is -0.540 e. The number of carbonyl (C=O) groups excluding carboxylic acids is 1. The van der Waals surface area contributed by atoms with Crippen LogP contribution in [0.5, 0.6) is 0 Å². The standard InChI is InChI=1S/C10H9F3NO.C2H5.U/c1-14(6-7-15)9-4-2-8(3-5-9)10(11,12)13;1-2;/h2-5H,6H2,1H3;1H2,2H3;/q2*-1;+2. The molecule has 6 heteroatoms. The van der Waals surface area contributed by atoms with E-state index in [9.17, 15) is 18.0 Å². The molecular formula is C12H14F3NOU. The molecule has 1 aromatic rings. The number of hydrogen-bond acceptors (Lipinski definition) is 2. The van der Waals surface area contributed by atoms with E-state index in [4.69, 9.17) is 0 Å². The first-order valence-corrected chi connectivity index (χ1v) is 4.89. The number of hydrogen-bond donors (Lipinski definition) is 0. The Morgan fingerprint density at radius 2 is 1.67 bits per heavy atom. The number of alkyl halides is 3. The predicted molar refractivity (Wildman–Crippen MR) is 61.4 cm³/mol. The predicted octanol–water partition coefficient (Wildman–Crippen LogP) is 3.09. The van der Waals surface area contributed by atoms with Crippen LogP contribution in [0.25, 0.3) is 0 Å². The Kier molecular flexibility index (Phi) is 10.4. The molecule has 0 N–H and O–H groups in total. The van der Waals surface area contributed by atoms with Crippen LogP contribution in [0, 0.1) is 38.0 Å². The van der Waals surface area contributed by atoms with Gasteiger partial charge in [-0.15, -0.1) is 0 Å². The SMILES string of the molecule is CN(C[C-]=O)c1ccc(C(F)(F)F)cc1.[CH2-]C.[U+2].